The second-order valence-electron chi connectivity index (χ2n) is 7.34. The van der Waals surface area contributed by atoms with E-state index in [2.05, 4.69) is 52.5 Å². The largest absolute Gasteiger partial charge is 0.327 e. The highest BCUT2D eigenvalue weighted by Gasteiger charge is 2.34. The highest BCUT2D eigenvalue weighted by atomic mass is 79.9. The number of fused-ring (bicyclic) bond motifs is 1. The Morgan fingerprint density at radius 1 is 1.15 bits per heavy atom. The number of amides is 1. The van der Waals surface area contributed by atoms with Crippen LogP contribution in [0.3, 0.4) is 0 Å². The Hall–Kier alpha value is -2.14. The summed E-state index contributed by atoms with van der Waals surface area (Å²) in [4.78, 5) is 19.5. The third-order valence-corrected chi connectivity index (χ3v) is 5.39. The number of hydrogen-bond acceptors (Lipinski definition) is 2. The van der Waals surface area contributed by atoms with E-state index in [4.69, 9.17) is 4.98 Å². The van der Waals surface area contributed by atoms with Crippen LogP contribution in [0.15, 0.2) is 53.0 Å². The third kappa shape index (κ3) is 3.16. The van der Waals surface area contributed by atoms with Gasteiger partial charge in [-0.15, -0.1) is 0 Å². The van der Waals surface area contributed by atoms with Gasteiger partial charge in [0.25, 0.3) is 0 Å². The molecule has 1 aromatic heterocycles. The van der Waals surface area contributed by atoms with Gasteiger partial charge < -0.3 is 9.47 Å². The monoisotopic (exact) mass is 411 g/mol. The number of nitrogens with zero attached hydrogens (tertiary/aromatic N) is 3. The molecule has 0 radical (unpaired) electrons. The zero-order valence-electron chi connectivity index (χ0n) is 15.0. The molecule has 26 heavy (non-hydrogen) atoms. The molecule has 0 aliphatic carbocycles. The van der Waals surface area contributed by atoms with Gasteiger partial charge in [-0.3, -0.25) is 4.79 Å². The standard InChI is InChI=1S/C21H22BrN3O/c1-14(2)12-25-19-6-4-3-5-18(19)23-21(25)15-11-20(26)24(13-15)17-9-7-16(22)8-10-17/h3-10,14-15H,11-13H2,1-2H3/t15-/m1/s1. The van der Waals surface area contributed by atoms with Gasteiger partial charge in [-0.1, -0.05) is 41.9 Å². The Bertz CT molecular complexity index is 946. The van der Waals surface area contributed by atoms with E-state index in [1.807, 2.05) is 35.2 Å². The molecule has 1 aliphatic heterocycles. The van der Waals surface area contributed by atoms with Crippen molar-refractivity contribution in [1.29, 1.82) is 0 Å². The number of halogens is 1. The lowest BCUT2D eigenvalue weighted by molar-refractivity contribution is -0.117. The van der Waals surface area contributed by atoms with Crippen LogP contribution in [0.4, 0.5) is 5.69 Å². The van der Waals surface area contributed by atoms with Crippen molar-refractivity contribution >= 4 is 38.6 Å². The second-order valence-corrected chi connectivity index (χ2v) is 8.26. The maximum absolute atomic E-state index is 12.7. The molecule has 0 N–H and O–H groups in total. The van der Waals surface area contributed by atoms with E-state index in [-0.39, 0.29) is 11.8 Å². The number of imidazole rings is 1. The van der Waals surface area contributed by atoms with E-state index >= 15 is 0 Å². The summed E-state index contributed by atoms with van der Waals surface area (Å²) in [7, 11) is 0. The van der Waals surface area contributed by atoms with E-state index in [1.165, 1.54) is 0 Å². The number of benzene rings is 2. The van der Waals surface area contributed by atoms with Crippen LogP contribution in [0, 0.1) is 5.92 Å². The molecule has 0 saturated carbocycles. The van der Waals surface area contributed by atoms with Gasteiger partial charge in [0, 0.05) is 35.6 Å². The lowest BCUT2D eigenvalue weighted by atomic mass is 10.1. The summed E-state index contributed by atoms with van der Waals surface area (Å²) in [6, 6.07) is 16.2. The molecule has 134 valence electrons. The number of carbonyl (C=O) groups is 1. The minimum Gasteiger partial charge on any atom is -0.327 e. The lowest BCUT2D eigenvalue weighted by Gasteiger charge is -2.18. The molecule has 1 aliphatic rings. The summed E-state index contributed by atoms with van der Waals surface area (Å²) in [5.74, 6) is 1.84. The van der Waals surface area contributed by atoms with Crippen molar-refractivity contribution in [2.24, 2.45) is 5.92 Å². The number of rotatable bonds is 4. The fraction of sp³-hybridized carbons (Fsp3) is 0.333. The van der Waals surface area contributed by atoms with Crippen LogP contribution in [0.1, 0.15) is 32.0 Å². The molecule has 0 bridgehead atoms. The maximum Gasteiger partial charge on any atom is 0.227 e. The summed E-state index contributed by atoms with van der Waals surface area (Å²) in [6.07, 6.45) is 0.511. The highest BCUT2D eigenvalue weighted by molar-refractivity contribution is 9.10. The molecule has 3 aromatic rings. The van der Waals surface area contributed by atoms with Gasteiger partial charge in [0.1, 0.15) is 5.82 Å². The number of para-hydroxylation sites is 2. The van der Waals surface area contributed by atoms with E-state index < -0.39 is 0 Å². The lowest BCUT2D eigenvalue weighted by Crippen LogP contribution is -2.24. The Morgan fingerprint density at radius 2 is 1.88 bits per heavy atom. The van der Waals surface area contributed by atoms with Gasteiger partial charge in [0.2, 0.25) is 5.91 Å². The smallest absolute Gasteiger partial charge is 0.227 e. The van der Waals surface area contributed by atoms with Gasteiger partial charge in [0.05, 0.1) is 11.0 Å². The van der Waals surface area contributed by atoms with E-state index in [9.17, 15) is 4.79 Å². The van der Waals surface area contributed by atoms with Crippen LogP contribution in [-0.2, 0) is 11.3 Å². The Labute approximate surface area is 162 Å². The summed E-state index contributed by atoms with van der Waals surface area (Å²) in [6.45, 7) is 6.03. The minimum absolute atomic E-state index is 0.122. The van der Waals surface area contributed by atoms with Gasteiger partial charge >= 0.3 is 0 Å². The fourth-order valence-corrected chi connectivity index (χ4v) is 3.98. The van der Waals surface area contributed by atoms with Crippen LogP contribution in [0.5, 0.6) is 0 Å². The quantitative estimate of drug-likeness (QED) is 0.607. The average Bonchev–Trinajstić information content (AvgIpc) is 3.16. The van der Waals surface area contributed by atoms with Crippen molar-refractivity contribution in [2.75, 3.05) is 11.4 Å². The third-order valence-electron chi connectivity index (χ3n) is 4.86. The molecular weight excluding hydrogens is 390 g/mol. The molecule has 4 rings (SSSR count). The SMILES string of the molecule is CC(C)Cn1c([C@@H]2CC(=O)N(c3ccc(Br)cc3)C2)nc2ccccc21. The summed E-state index contributed by atoms with van der Waals surface area (Å²) in [5, 5.41) is 0. The number of aromatic nitrogens is 2. The van der Waals surface area contributed by atoms with Gasteiger partial charge in [0.15, 0.2) is 0 Å². The zero-order valence-corrected chi connectivity index (χ0v) is 16.6. The topological polar surface area (TPSA) is 38.1 Å². The Balaban J connectivity index is 1.69. The van der Waals surface area contributed by atoms with Crippen molar-refractivity contribution in [3.63, 3.8) is 0 Å². The molecular formula is C21H22BrN3O. The highest BCUT2D eigenvalue weighted by Crippen LogP contribution is 2.34. The van der Waals surface area contributed by atoms with Gasteiger partial charge in [-0.25, -0.2) is 4.98 Å². The van der Waals surface area contributed by atoms with Gasteiger partial charge in [-0.2, -0.15) is 0 Å². The van der Waals surface area contributed by atoms with E-state index in [1.54, 1.807) is 0 Å². The van der Waals surface area contributed by atoms with Crippen molar-refractivity contribution in [2.45, 2.75) is 32.7 Å². The van der Waals surface area contributed by atoms with E-state index in [0.29, 0.717) is 18.9 Å². The molecule has 0 spiro atoms. The summed E-state index contributed by atoms with van der Waals surface area (Å²) < 4.78 is 3.33. The molecule has 2 heterocycles. The molecule has 1 atom stereocenters. The van der Waals surface area contributed by atoms with Crippen LogP contribution in [0.25, 0.3) is 11.0 Å². The maximum atomic E-state index is 12.7. The molecule has 1 amide bonds. The summed E-state index contributed by atoms with van der Waals surface area (Å²) >= 11 is 3.45. The predicted molar refractivity (Wildman–Crippen MR) is 108 cm³/mol. The predicted octanol–water partition coefficient (Wildman–Crippen LogP) is 4.98. The first kappa shape index (κ1) is 17.3. The zero-order chi connectivity index (χ0) is 18.3. The van der Waals surface area contributed by atoms with E-state index in [0.717, 1.165) is 33.6 Å². The Morgan fingerprint density at radius 3 is 2.62 bits per heavy atom. The molecule has 0 unspecified atom stereocenters. The number of hydrogen-bond donors (Lipinski definition) is 0. The molecule has 1 fully saturated rings. The van der Waals surface area contributed by atoms with Crippen LogP contribution in [0.2, 0.25) is 0 Å². The molecule has 4 nitrogen and oxygen atoms in total. The van der Waals surface area contributed by atoms with Crippen LogP contribution >= 0.6 is 15.9 Å². The van der Waals surface area contributed by atoms with Crippen molar-refractivity contribution in [3.8, 4) is 0 Å². The summed E-state index contributed by atoms with van der Waals surface area (Å²) in [5.41, 5.74) is 3.12. The second kappa shape index (κ2) is 6.88. The minimum atomic E-state index is 0.122. The van der Waals surface area contributed by atoms with Crippen LogP contribution in [-0.4, -0.2) is 22.0 Å². The first-order valence-electron chi connectivity index (χ1n) is 9.04. The first-order valence-corrected chi connectivity index (χ1v) is 9.83. The first-order chi connectivity index (χ1) is 12.5. The number of carbonyl (C=O) groups excluding carboxylic acids is 1. The van der Waals surface area contributed by atoms with Crippen LogP contribution < -0.4 is 4.90 Å². The normalized spacial score (nSPS) is 17.6. The fourth-order valence-electron chi connectivity index (χ4n) is 3.71. The molecule has 1 saturated heterocycles. The molecule has 2 aromatic carbocycles. The average molecular weight is 412 g/mol. The van der Waals surface area contributed by atoms with Crippen molar-refractivity contribution in [3.05, 3.63) is 58.8 Å². The van der Waals surface area contributed by atoms with Gasteiger partial charge in [-0.05, 0) is 42.3 Å². The molecule has 5 heteroatoms. The Kier molecular flexibility index (Phi) is 4.57. The van der Waals surface area contributed by atoms with Crippen molar-refractivity contribution < 1.29 is 4.79 Å². The number of anilines is 1. The van der Waals surface area contributed by atoms with Crippen molar-refractivity contribution in [1.82, 2.24) is 9.55 Å².